The van der Waals surface area contributed by atoms with Gasteiger partial charge in [0, 0.05) is 48.9 Å². The van der Waals surface area contributed by atoms with Crippen molar-refractivity contribution in [3.8, 4) is 22.9 Å². The van der Waals surface area contributed by atoms with E-state index in [0.29, 0.717) is 76.9 Å². The van der Waals surface area contributed by atoms with Crippen LogP contribution in [0.2, 0.25) is 5.02 Å². The van der Waals surface area contributed by atoms with Crippen LogP contribution in [0.5, 0.6) is 11.5 Å². The van der Waals surface area contributed by atoms with Gasteiger partial charge < -0.3 is 39.8 Å². The molecule has 17 heteroatoms. The minimum Gasteiger partial charge on any atom is -0.491 e. The Bertz CT molecular complexity index is 2200. The van der Waals surface area contributed by atoms with Crippen LogP contribution in [-0.2, 0) is 23.9 Å². The summed E-state index contributed by atoms with van der Waals surface area (Å²) in [7, 11) is 0. The van der Waals surface area contributed by atoms with E-state index < -0.39 is 47.0 Å². The van der Waals surface area contributed by atoms with Crippen molar-refractivity contribution in [2.24, 2.45) is 23.2 Å². The molecule has 1 aromatic carbocycles. The number of rotatable bonds is 16. The lowest BCUT2D eigenvalue weighted by molar-refractivity contribution is -0.142. The number of pyridine rings is 1. The Labute approximate surface area is 378 Å². The number of nitrogens with zero attached hydrogens (tertiary/aromatic N) is 4. The summed E-state index contributed by atoms with van der Waals surface area (Å²) in [5.41, 5.74) is -0.119. The van der Waals surface area contributed by atoms with Crippen LogP contribution in [0.3, 0.4) is 0 Å². The molecule has 0 radical (unpaired) electrons. The van der Waals surface area contributed by atoms with Crippen LogP contribution in [0.15, 0.2) is 23.6 Å². The van der Waals surface area contributed by atoms with E-state index in [9.17, 15) is 19.2 Å². The number of ketones is 1. The molecule has 8 rings (SSSR count). The highest BCUT2D eigenvalue weighted by molar-refractivity contribution is 7.14. The summed E-state index contributed by atoms with van der Waals surface area (Å²) in [5, 5.41) is 12.9. The Kier molecular flexibility index (Phi) is 13.2. The van der Waals surface area contributed by atoms with Crippen LogP contribution < -0.4 is 25.4 Å². The maximum Gasteiger partial charge on any atom is 0.408 e. The number of halogens is 1. The standard InChI is InChI=1S/C46H62ClN7O8S/c1-8-29-22-46(29,26(4)55)52-41(56)35-20-31(23-54(35)42(57)40(45(5,6)7)51-44(58)62-30-18-27-17-28(27)19-30)61-37-21-33(34-24-63-43(50-34)48-25(2)3)49-39-32(37)9-10-36(38(39)47)60-16-13-53-11-14-59-15-12-53/h9-10,21,24-25,27-31,35,40H,8,11-20,22-23H2,1-7H3,(H,48,50)(H,51,58)(H,52,56)/t27-,28+,29-,30?,31-,35+,40-,46?/m1/s1. The van der Waals surface area contributed by atoms with E-state index in [1.165, 1.54) is 29.6 Å². The molecule has 2 aromatic heterocycles. The van der Waals surface area contributed by atoms with Gasteiger partial charge in [-0.2, -0.15) is 0 Å². The van der Waals surface area contributed by atoms with Gasteiger partial charge in [-0.05, 0) is 81.8 Å². The third kappa shape index (κ3) is 10.0. The fourth-order valence-electron chi connectivity index (χ4n) is 9.59. The number of hydrogen-bond acceptors (Lipinski definition) is 13. The lowest BCUT2D eigenvalue weighted by Gasteiger charge is -2.35. The first-order chi connectivity index (χ1) is 30.0. The molecule has 342 valence electrons. The third-order valence-electron chi connectivity index (χ3n) is 13.4. The number of Topliss-reactive ketones (excluding diaryl/α,β-unsaturated/α-hetero) is 1. The topological polar surface area (TPSA) is 174 Å². The number of nitrogens with one attached hydrogen (secondary N) is 3. The van der Waals surface area contributed by atoms with E-state index in [2.05, 4.69) is 20.9 Å². The summed E-state index contributed by atoms with van der Waals surface area (Å²) in [6.07, 6.45) is 2.78. The normalized spacial score (nSPS) is 27.2. The second kappa shape index (κ2) is 18.3. The molecule has 4 heterocycles. The first-order valence-electron chi connectivity index (χ1n) is 22.6. The largest absolute Gasteiger partial charge is 0.491 e. The van der Waals surface area contributed by atoms with Crippen molar-refractivity contribution < 1.29 is 38.1 Å². The molecular weight excluding hydrogens is 846 g/mol. The lowest BCUT2D eigenvalue weighted by Crippen LogP contribution is -2.59. The molecule has 2 saturated heterocycles. The van der Waals surface area contributed by atoms with Crippen molar-refractivity contribution in [1.29, 1.82) is 0 Å². The number of alkyl carbamates (subject to hydrolysis) is 1. The number of carbonyl (C=O) groups is 4. The number of thiazole rings is 1. The number of aromatic nitrogens is 2. The minimum atomic E-state index is -1.02. The molecule has 3 N–H and O–H groups in total. The zero-order chi connectivity index (χ0) is 44.8. The number of amides is 3. The van der Waals surface area contributed by atoms with Gasteiger partial charge in [0.05, 0.1) is 31.0 Å². The van der Waals surface area contributed by atoms with Gasteiger partial charge in [0.25, 0.3) is 0 Å². The van der Waals surface area contributed by atoms with E-state index >= 15 is 0 Å². The second-order valence-electron chi connectivity index (χ2n) is 19.4. The number of carbonyl (C=O) groups excluding carboxylic acids is 4. The molecule has 5 aliphatic rings. The van der Waals surface area contributed by atoms with E-state index in [1.807, 2.05) is 59.1 Å². The summed E-state index contributed by atoms with van der Waals surface area (Å²) in [5.74, 6) is 1.19. The number of fused-ring (bicyclic) bond motifs is 2. The Morgan fingerprint density at radius 2 is 1.76 bits per heavy atom. The molecule has 5 fully saturated rings. The zero-order valence-corrected chi connectivity index (χ0v) is 39.0. The first kappa shape index (κ1) is 45.3. The summed E-state index contributed by atoms with van der Waals surface area (Å²) in [4.78, 5) is 69.3. The number of morpholine rings is 1. The van der Waals surface area contributed by atoms with E-state index in [0.717, 1.165) is 44.0 Å². The quantitative estimate of drug-likeness (QED) is 0.139. The Balaban J connectivity index is 1.09. The highest BCUT2D eigenvalue weighted by atomic mass is 35.5. The van der Waals surface area contributed by atoms with Gasteiger partial charge in [0.15, 0.2) is 10.9 Å². The molecule has 2 aliphatic heterocycles. The molecule has 3 saturated carbocycles. The monoisotopic (exact) mass is 907 g/mol. The molecule has 3 aromatic rings. The smallest absolute Gasteiger partial charge is 0.408 e. The average Bonchev–Trinajstić information content (AvgIpc) is 3.91. The average molecular weight is 909 g/mol. The summed E-state index contributed by atoms with van der Waals surface area (Å²) < 4.78 is 24.4. The van der Waals surface area contributed by atoms with Gasteiger partial charge in [0.1, 0.15) is 58.7 Å². The molecule has 15 nitrogen and oxygen atoms in total. The molecule has 0 bridgehead atoms. The van der Waals surface area contributed by atoms with Gasteiger partial charge >= 0.3 is 6.09 Å². The van der Waals surface area contributed by atoms with Crippen LogP contribution in [-0.4, -0.2) is 125 Å². The van der Waals surface area contributed by atoms with Crippen molar-refractivity contribution in [3.05, 3.63) is 28.6 Å². The van der Waals surface area contributed by atoms with Crippen molar-refractivity contribution in [2.45, 2.75) is 123 Å². The first-order valence-corrected chi connectivity index (χ1v) is 23.8. The molecule has 63 heavy (non-hydrogen) atoms. The van der Waals surface area contributed by atoms with Crippen molar-refractivity contribution >= 4 is 62.7 Å². The van der Waals surface area contributed by atoms with Gasteiger partial charge in [0.2, 0.25) is 11.8 Å². The summed E-state index contributed by atoms with van der Waals surface area (Å²) >= 11 is 8.59. The van der Waals surface area contributed by atoms with Gasteiger partial charge in [-0.3, -0.25) is 19.3 Å². The van der Waals surface area contributed by atoms with Gasteiger partial charge in [-0.1, -0.05) is 45.7 Å². The van der Waals surface area contributed by atoms with Crippen LogP contribution >= 0.6 is 22.9 Å². The van der Waals surface area contributed by atoms with Gasteiger partial charge in [-0.15, -0.1) is 11.3 Å². The SMILES string of the molecule is CC[C@@H]1CC1(NC(=O)[C@@H]1C[C@@H](Oc2cc(-c3csc(NC(C)C)n3)nc3c(Cl)c(OCCN4CCOCC4)ccc23)CN1C(=O)[C@@H](NC(=O)OC1C[C@@H]2C[C@@H]2C1)C(C)(C)C)C(C)=O. The van der Waals surface area contributed by atoms with Crippen LogP contribution in [0.25, 0.3) is 22.3 Å². The van der Waals surface area contributed by atoms with Crippen LogP contribution in [0.4, 0.5) is 9.93 Å². The molecule has 8 atom stereocenters. The minimum absolute atomic E-state index is 0.0125. The number of likely N-dealkylation sites (tertiary alicyclic amines) is 1. The highest BCUT2D eigenvalue weighted by Gasteiger charge is 2.59. The second-order valence-corrected chi connectivity index (χ2v) is 20.7. The maximum absolute atomic E-state index is 14.9. The van der Waals surface area contributed by atoms with Crippen molar-refractivity contribution in [3.63, 3.8) is 0 Å². The molecule has 3 amide bonds. The van der Waals surface area contributed by atoms with Crippen molar-refractivity contribution in [1.82, 2.24) is 30.4 Å². The third-order valence-corrected chi connectivity index (χ3v) is 14.5. The number of hydrogen-bond donors (Lipinski definition) is 3. The van der Waals surface area contributed by atoms with E-state index in [4.69, 9.17) is 40.5 Å². The molecule has 0 spiro atoms. The molecular formula is C46H62ClN7O8S. The van der Waals surface area contributed by atoms with Gasteiger partial charge in [-0.25, -0.2) is 14.8 Å². The number of ether oxygens (including phenoxy) is 4. The fourth-order valence-corrected chi connectivity index (χ4v) is 10.7. The zero-order valence-electron chi connectivity index (χ0n) is 37.5. The fraction of sp³-hybridized carbons (Fsp3) is 0.652. The van der Waals surface area contributed by atoms with E-state index in [1.54, 1.807) is 6.07 Å². The Morgan fingerprint density at radius 1 is 1.02 bits per heavy atom. The predicted octanol–water partition coefficient (Wildman–Crippen LogP) is 6.70. The number of benzene rings is 1. The molecule has 3 aliphatic carbocycles. The maximum atomic E-state index is 14.9. The predicted molar refractivity (Wildman–Crippen MR) is 241 cm³/mol. The lowest BCUT2D eigenvalue weighted by atomic mass is 9.85. The highest BCUT2D eigenvalue weighted by Crippen LogP contribution is 2.52. The van der Waals surface area contributed by atoms with E-state index in [-0.39, 0.29) is 36.8 Å². The van der Waals surface area contributed by atoms with Crippen LogP contribution in [0.1, 0.15) is 87.0 Å². The Hall–Kier alpha value is -4.25. The number of anilines is 1. The summed E-state index contributed by atoms with van der Waals surface area (Å²) in [6.45, 7) is 17.4. The Morgan fingerprint density at radius 3 is 2.43 bits per heavy atom. The van der Waals surface area contributed by atoms with Crippen LogP contribution in [0, 0.1) is 23.2 Å². The van der Waals surface area contributed by atoms with Crippen molar-refractivity contribution in [2.75, 3.05) is 51.3 Å². The summed E-state index contributed by atoms with van der Waals surface area (Å²) in [6, 6.07) is 3.64. The molecule has 2 unspecified atom stereocenters.